The first kappa shape index (κ1) is 7.45. The Bertz CT molecular complexity index is 161. The van der Waals surface area contributed by atoms with E-state index in [1.807, 2.05) is 0 Å². The lowest BCUT2D eigenvalue weighted by Gasteiger charge is -2.10. The van der Waals surface area contributed by atoms with Crippen LogP contribution in [0.1, 0.15) is 0 Å². The highest BCUT2D eigenvalue weighted by Gasteiger charge is 2.51. The second-order valence-corrected chi connectivity index (χ2v) is 2.85. The molecule has 0 aromatic heterocycles. The molecule has 3 N–H and O–H groups in total. The van der Waals surface area contributed by atoms with Gasteiger partial charge in [0, 0.05) is 0 Å². The molecule has 2 rings (SSSR count). The molecule has 5 atom stereocenters. The molecule has 0 spiro atoms. The third kappa shape index (κ3) is 0.969. The molecule has 2 aliphatic heterocycles. The van der Waals surface area contributed by atoms with Gasteiger partial charge in [-0.3, -0.25) is 0 Å². The monoisotopic (exact) mass is 162 g/mol. The lowest BCUT2D eigenvalue weighted by molar-refractivity contribution is -0.149. The first-order valence-corrected chi connectivity index (χ1v) is 3.51. The predicted molar refractivity (Wildman–Crippen MR) is 32.6 cm³/mol. The van der Waals surface area contributed by atoms with Gasteiger partial charge in [0.25, 0.3) is 0 Å². The Hall–Kier alpha value is -0.200. The fourth-order valence-electron chi connectivity index (χ4n) is 1.48. The van der Waals surface area contributed by atoms with E-state index in [1.165, 1.54) is 0 Å². The summed E-state index contributed by atoms with van der Waals surface area (Å²) >= 11 is 0. The van der Waals surface area contributed by atoms with Crippen LogP contribution >= 0.6 is 0 Å². The molecule has 0 saturated carbocycles. The van der Waals surface area contributed by atoms with Gasteiger partial charge >= 0.3 is 0 Å². The Balaban J connectivity index is 2.12. The third-order valence-corrected chi connectivity index (χ3v) is 2.09. The first-order chi connectivity index (χ1) is 5.20. The van der Waals surface area contributed by atoms with Crippen LogP contribution in [-0.4, -0.2) is 52.6 Å². The maximum absolute atomic E-state index is 9.17. The highest BCUT2D eigenvalue weighted by Crippen LogP contribution is 2.29. The van der Waals surface area contributed by atoms with Gasteiger partial charge in [0.1, 0.15) is 24.4 Å². The average Bonchev–Trinajstić information content (AvgIpc) is 2.43. The number of hydrogen-bond acceptors (Lipinski definition) is 5. The minimum Gasteiger partial charge on any atom is -0.388 e. The number of rotatable bonds is 0. The molecule has 5 heteroatoms. The molecule has 0 aromatic rings. The summed E-state index contributed by atoms with van der Waals surface area (Å²) in [6.07, 6.45) is -4.12. The van der Waals surface area contributed by atoms with Crippen LogP contribution in [0.15, 0.2) is 0 Å². The minimum absolute atomic E-state index is 0.166. The van der Waals surface area contributed by atoms with E-state index in [4.69, 9.17) is 19.7 Å². The lowest BCUT2D eigenvalue weighted by Crippen LogP contribution is -2.32. The van der Waals surface area contributed by atoms with Crippen LogP contribution < -0.4 is 0 Å². The summed E-state index contributed by atoms with van der Waals surface area (Å²) in [5.41, 5.74) is 0. The zero-order chi connectivity index (χ0) is 8.01. The van der Waals surface area contributed by atoms with Crippen molar-refractivity contribution < 1.29 is 24.8 Å². The van der Waals surface area contributed by atoms with Gasteiger partial charge in [-0.15, -0.1) is 0 Å². The van der Waals surface area contributed by atoms with Gasteiger partial charge in [-0.1, -0.05) is 0 Å². The van der Waals surface area contributed by atoms with E-state index < -0.39 is 30.7 Å². The molecule has 2 saturated heterocycles. The SMILES string of the molecule is O[C@@H]1[C@H]2OC[C@@H](O)[C@H]2O[C@H]1O. The molecule has 2 fully saturated rings. The van der Waals surface area contributed by atoms with Gasteiger partial charge in [-0.05, 0) is 0 Å². The maximum Gasteiger partial charge on any atom is 0.184 e. The molecule has 2 heterocycles. The van der Waals surface area contributed by atoms with E-state index in [0.717, 1.165) is 0 Å². The summed E-state index contributed by atoms with van der Waals surface area (Å²) in [4.78, 5) is 0. The Morgan fingerprint density at radius 2 is 1.82 bits per heavy atom. The number of fused-ring (bicyclic) bond motifs is 1. The van der Waals surface area contributed by atoms with Crippen LogP contribution in [0.3, 0.4) is 0 Å². The normalized spacial score (nSPS) is 56.5. The molecule has 0 aromatic carbocycles. The molecule has 0 bridgehead atoms. The lowest BCUT2D eigenvalue weighted by atomic mass is 10.1. The van der Waals surface area contributed by atoms with E-state index in [1.54, 1.807) is 0 Å². The second kappa shape index (κ2) is 2.40. The standard InChI is InChI=1S/C6H10O5/c7-2-1-10-5-3(8)6(9)11-4(2)5/h2-9H,1H2/t2-,3-,4-,5-,6-/m1/s1. The highest BCUT2D eigenvalue weighted by atomic mass is 16.7. The van der Waals surface area contributed by atoms with E-state index in [0.29, 0.717) is 0 Å². The number of ether oxygens (including phenoxy) is 2. The van der Waals surface area contributed by atoms with E-state index in [9.17, 15) is 5.11 Å². The summed E-state index contributed by atoms with van der Waals surface area (Å²) in [6, 6.07) is 0. The molecular formula is C6H10O5. The van der Waals surface area contributed by atoms with Crippen LogP contribution in [0, 0.1) is 0 Å². The number of aliphatic hydroxyl groups excluding tert-OH is 3. The fourth-order valence-corrected chi connectivity index (χ4v) is 1.48. The average molecular weight is 162 g/mol. The second-order valence-electron chi connectivity index (χ2n) is 2.85. The van der Waals surface area contributed by atoms with Crippen LogP contribution in [-0.2, 0) is 9.47 Å². The van der Waals surface area contributed by atoms with Crippen molar-refractivity contribution >= 4 is 0 Å². The molecule has 64 valence electrons. The Morgan fingerprint density at radius 3 is 2.45 bits per heavy atom. The summed E-state index contributed by atoms with van der Waals surface area (Å²) < 4.78 is 9.83. The molecular weight excluding hydrogens is 152 g/mol. The molecule has 0 aliphatic carbocycles. The minimum atomic E-state index is -1.22. The smallest absolute Gasteiger partial charge is 0.184 e. The van der Waals surface area contributed by atoms with Crippen molar-refractivity contribution in [3.63, 3.8) is 0 Å². The van der Waals surface area contributed by atoms with Crippen molar-refractivity contribution in [1.82, 2.24) is 0 Å². The number of aliphatic hydroxyl groups is 3. The largest absolute Gasteiger partial charge is 0.388 e. The van der Waals surface area contributed by atoms with Crippen molar-refractivity contribution in [3.8, 4) is 0 Å². The first-order valence-electron chi connectivity index (χ1n) is 3.51. The zero-order valence-electron chi connectivity index (χ0n) is 5.75. The molecule has 5 nitrogen and oxygen atoms in total. The van der Waals surface area contributed by atoms with Gasteiger partial charge in [0.15, 0.2) is 6.29 Å². The van der Waals surface area contributed by atoms with Crippen molar-refractivity contribution in [2.75, 3.05) is 6.61 Å². The number of hydrogen-bond donors (Lipinski definition) is 3. The summed E-state index contributed by atoms with van der Waals surface area (Å²) in [5, 5.41) is 27.3. The molecule has 0 unspecified atom stereocenters. The van der Waals surface area contributed by atoms with Gasteiger partial charge in [-0.25, -0.2) is 0 Å². The van der Waals surface area contributed by atoms with Gasteiger partial charge < -0.3 is 24.8 Å². The Kier molecular flexibility index (Phi) is 1.62. The molecule has 0 amide bonds. The van der Waals surface area contributed by atoms with E-state index in [2.05, 4.69) is 0 Å². The topological polar surface area (TPSA) is 79.2 Å². The zero-order valence-corrected chi connectivity index (χ0v) is 5.75. The summed E-state index contributed by atoms with van der Waals surface area (Å²) in [5.74, 6) is 0. The van der Waals surface area contributed by atoms with Crippen molar-refractivity contribution in [1.29, 1.82) is 0 Å². The molecule has 11 heavy (non-hydrogen) atoms. The Morgan fingerprint density at radius 1 is 1.09 bits per heavy atom. The van der Waals surface area contributed by atoms with E-state index in [-0.39, 0.29) is 6.61 Å². The summed E-state index contributed by atoms with van der Waals surface area (Å²) in [6.45, 7) is 0.166. The van der Waals surface area contributed by atoms with Crippen molar-refractivity contribution in [2.24, 2.45) is 0 Å². The van der Waals surface area contributed by atoms with Crippen LogP contribution in [0.4, 0.5) is 0 Å². The van der Waals surface area contributed by atoms with Gasteiger partial charge in [-0.2, -0.15) is 0 Å². The van der Waals surface area contributed by atoms with Crippen LogP contribution in [0.25, 0.3) is 0 Å². The highest BCUT2D eigenvalue weighted by molar-refractivity contribution is 4.95. The summed E-state index contributed by atoms with van der Waals surface area (Å²) in [7, 11) is 0. The third-order valence-electron chi connectivity index (χ3n) is 2.09. The van der Waals surface area contributed by atoms with Crippen LogP contribution in [0.2, 0.25) is 0 Å². The fraction of sp³-hybridized carbons (Fsp3) is 1.00. The molecule has 2 aliphatic rings. The van der Waals surface area contributed by atoms with Crippen molar-refractivity contribution in [2.45, 2.75) is 30.7 Å². The predicted octanol–water partition coefficient (Wildman–Crippen LogP) is -2.18. The van der Waals surface area contributed by atoms with Gasteiger partial charge in [0.05, 0.1) is 6.61 Å². The quantitative estimate of drug-likeness (QED) is 0.377. The molecule has 0 radical (unpaired) electrons. The maximum atomic E-state index is 9.17. The van der Waals surface area contributed by atoms with Gasteiger partial charge in [0.2, 0.25) is 0 Å². The van der Waals surface area contributed by atoms with E-state index >= 15 is 0 Å². The Labute approximate surface area is 63.2 Å². The van der Waals surface area contributed by atoms with Crippen LogP contribution in [0.5, 0.6) is 0 Å². The van der Waals surface area contributed by atoms with Crippen molar-refractivity contribution in [3.05, 3.63) is 0 Å².